The van der Waals surface area contributed by atoms with Gasteiger partial charge in [-0.05, 0) is 86.7 Å². The number of hydrogen-bond acceptors (Lipinski definition) is 4. The number of amides is 1. The van der Waals surface area contributed by atoms with E-state index >= 15 is 0 Å². The van der Waals surface area contributed by atoms with Crippen molar-refractivity contribution in [1.82, 2.24) is 0 Å². The van der Waals surface area contributed by atoms with E-state index in [-0.39, 0.29) is 5.91 Å². The summed E-state index contributed by atoms with van der Waals surface area (Å²) in [6.07, 6.45) is 1.81. The monoisotopic (exact) mass is 568 g/mol. The fourth-order valence-corrected chi connectivity index (χ4v) is 4.45. The number of rotatable bonds is 6. The van der Waals surface area contributed by atoms with E-state index in [1.807, 2.05) is 80.6 Å². The molecule has 3 aromatic carbocycles. The van der Waals surface area contributed by atoms with Crippen LogP contribution in [0.1, 0.15) is 23.6 Å². The molecule has 168 valence electrons. The van der Waals surface area contributed by atoms with Crippen LogP contribution in [0.5, 0.6) is 11.5 Å². The maximum Gasteiger partial charge on any atom is 0.280 e. The van der Waals surface area contributed by atoms with Crippen LogP contribution in [0.4, 0.5) is 5.69 Å². The number of carbonyl (C=O) groups excluding carboxylic acids is 1. The second kappa shape index (κ2) is 9.93. The van der Waals surface area contributed by atoms with Crippen LogP contribution in [0.25, 0.3) is 6.08 Å². The summed E-state index contributed by atoms with van der Waals surface area (Å²) < 4.78 is 13.1. The van der Waals surface area contributed by atoms with Crippen LogP contribution in [-0.2, 0) is 11.4 Å². The van der Waals surface area contributed by atoms with Gasteiger partial charge >= 0.3 is 0 Å². The van der Waals surface area contributed by atoms with Gasteiger partial charge in [0.05, 0.1) is 28.6 Å². The van der Waals surface area contributed by atoms with E-state index in [2.05, 4.69) is 37.0 Å². The van der Waals surface area contributed by atoms with Crippen molar-refractivity contribution in [3.05, 3.63) is 91.9 Å². The lowest BCUT2D eigenvalue weighted by Crippen LogP contribution is -2.21. The Kier molecular flexibility index (Phi) is 7.00. The Labute approximate surface area is 210 Å². The SMILES string of the molecule is COc1cc(/C=C2/C(=O)N(c3cccc(C)c3)N=C2C)c(Br)c(Br)c1OCc1ccccc1. The van der Waals surface area contributed by atoms with Crippen LogP contribution in [0.3, 0.4) is 0 Å². The maximum absolute atomic E-state index is 13.2. The topological polar surface area (TPSA) is 51.1 Å². The molecule has 1 aliphatic rings. The molecule has 0 aromatic heterocycles. The molecule has 0 fully saturated rings. The van der Waals surface area contributed by atoms with Gasteiger partial charge in [-0.2, -0.15) is 10.1 Å². The van der Waals surface area contributed by atoms with E-state index in [4.69, 9.17) is 9.47 Å². The van der Waals surface area contributed by atoms with Gasteiger partial charge in [0, 0.05) is 4.47 Å². The highest BCUT2D eigenvalue weighted by atomic mass is 79.9. The molecule has 0 saturated carbocycles. The van der Waals surface area contributed by atoms with Gasteiger partial charge in [-0.1, -0.05) is 42.5 Å². The molecule has 0 radical (unpaired) electrons. The molecule has 0 bridgehead atoms. The first-order valence-corrected chi connectivity index (χ1v) is 11.9. The number of ether oxygens (including phenoxy) is 2. The second-order valence-corrected chi connectivity index (χ2v) is 9.18. The summed E-state index contributed by atoms with van der Waals surface area (Å²) in [5, 5.41) is 5.92. The molecule has 4 rings (SSSR count). The molecule has 1 aliphatic heterocycles. The van der Waals surface area contributed by atoms with Crippen LogP contribution >= 0.6 is 31.9 Å². The van der Waals surface area contributed by atoms with Gasteiger partial charge in [0.25, 0.3) is 5.91 Å². The molecule has 5 nitrogen and oxygen atoms in total. The molecule has 33 heavy (non-hydrogen) atoms. The third kappa shape index (κ3) is 4.89. The Morgan fingerprint density at radius 2 is 1.76 bits per heavy atom. The van der Waals surface area contributed by atoms with Gasteiger partial charge in [-0.3, -0.25) is 4.79 Å². The Morgan fingerprint density at radius 1 is 1.00 bits per heavy atom. The first-order chi connectivity index (χ1) is 15.9. The van der Waals surface area contributed by atoms with Crippen molar-refractivity contribution in [1.29, 1.82) is 0 Å². The third-order valence-corrected chi connectivity index (χ3v) is 7.35. The summed E-state index contributed by atoms with van der Waals surface area (Å²) in [7, 11) is 1.59. The van der Waals surface area contributed by atoms with Crippen LogP contribution in [0.15, 0.2) is 80.3 Å². The van der Waals surface area contributed by atoms with Crippen molar-refractivity contribution in [3.63, 3.8) is 0 Å². The van der Waals surface area contributed by atoms with E-state index in [1.54, 1.807) is 7.11 Å². The van der Waals surface area contributed by atoms with Crippen LogP contribution in [-0.4, -0.2) is 18.7 Å². The third-order valence-electron chi connectivity index (χ3n) is 5.21. The number of carbonyl (C=O) groups is 1. The number of hydrogen-bond donors (Lipinski definition) is 0. The van der Waals surface area contributed by atoms with Crippen molar-refractivity contribution >= 4 is 55.2 Å². The van der Waals surface area contributed by atoms with Gasteiger partial charge < -0.3 is 9.47 Å². The normalized spacial score (nSPS) is 14.6. The highest BCUT2D eigenvalue weighted by Gasteiger charge is 2.29. The van der Waals surface area contributed by atoms with Crippen LogP contribution in [0, 0.1) is 6.92 Å². The van der Waals surface area contributed by atoms with E-state index in [9.17, 15) is 4.79 Å². The molecule has 0 spiro atoms. The van der Waals surface area contributed by atoms with E-state index in [0.29, 0.717) is 33.9 Å². The lowest BCUT2D eigenvalue weighted by molar-refractivity contribution is -0.114. The molecule has 7 heteroatoms. The largest absolute Gasteiger partial charge is 0.493 e. The summed E-state index contributed by atoms with van der Waals surface area (Å²) in [5.41, 5.74) is 4.79. The fourth-order valence-electron chi connectivity index (χ4n) is 3.50. The van der Waals surface area contributed by atoms with Crippen molar-refractivity contribution in [2.75, 3.05) is 12.1 Å². The number of hydrazone groups is 1. The number of aryl methyl sites for hydroxylation is 1. The summed E-state index contributed by atoms with van der Waals surface area (Å²) in [6.45, 7) is 4.22. The molecule has 0 N–H and O–H groups in total. The number of halogens is 2. The average molecular weight is 570 g/mol. The Hall–Kier alpha value is -2.90. The van der Waals surface area contributed by atoms with E-state index in [0.717, 1.165) is 26.9 Å². The van der Waals surface area contributed by atoms with Crippen molar-refractivity contribution in [2.24, 2.45) is 5.10 Å². The quantitative estimate of drug-likeness (QED) is 0.303. The lowest BCUT2D eigenvalue weighted by atomic mass is 10.1. The van der Waals surface area contributed by atoms with Gasteiger partial charge in [0.15, 0.2) is 11.5 Å². The molecule has 3 aromatic rings. The van der Waals surface area contributed by atoms with E-state index < -0.39 is 0 Å². The minimum absolute atomic E-state index is 0.176. The molecular weight excluding hydrogens is 548 g/mol. The lowest BCUT2D eigenvalue weighted by Gasteiger charge is -2.16. The Balaban J connectivity index is 1.66. The minimum Gasteiger partial charge on any atom is -0.493 e. The number of nitrogens with zero attached hydrogens (tertiary/aromatic N) is 2. The van der Waals surface area contributed by atoms with Gasteiger partial charge in [-0.25, -0.2) is 0 Å². The molecule has 0 unspecified atom stereocenters. The summed E-state index contributed by atoms with van der Waals surface area (Å²) in [4.78, 5) is 13.2. The first-order valence-electron chi connectivity index (χ1n) is 10.3. The zero-order chi connectivity index (χ0) is 23.5. The highest BCUT2D eigenvalue weighted by molar-refractivity contribution is 9.13. The Bertz CT molecular complexity index is 1270. The molecular formula is C26H22Br2N2O3. The molecule has 1 heterocycles. The first kappa shape index (κ1) is 23.3. The average Bonchev–Trinajstić information content (AvgIpc) is 3.10. The predicted molar refractivity (Wildman–Crippen MR) is 139 cm³/mol. The standard InChI is InChI=1S/C26H22Br2N2O3/c1-16-8-7-11-20(12-16)30-26(31)21(17(2)29-30)13-19-14-22(32-3)25(24(28)23(19)27)33-15-18-9-5-4-6-10-18/h4-14H,15H2,1-3H3/b21-13+. The van der Waals surface area contributed by atoms with Crippen LogP contribution < -0.4 is 14.5 Å². The zero-order valence-electron chi connectivity index (χ0n) is 18.4. The van der Waals surface area contributed by atoms with Crippen LogP contribution in [0.2, 0.25) is 0 Å². The maximum atomic E-state index is 13.2. The minimum atomic E-state index is -0.176. The Morgan fingerprint density at radius 3 is 2.45 bits per heavy atom. The smallest absolute Gasteiger partial charge is 0.280 e. The fraction of sp³-hybridized carbons (Fsp3) is 0.154. The summed E-state index contributed by atoms with van der Waals surface area (Å²) in [6, 6.07) is 19.5. The molecule has 0 saturated heterocycles. The molecule has 0 aliphatic carbocycles. The van der Waals surface area contributed by atoms with Gasteiger partial charge in [0.2, 0.25) is 0 Å². The zero-order valence-corrected chi connectivity index (χ0v) is 21.6. The molecule has 1 amide bonds. The highest BCUT2D eigenvalue weighted by Crippen LogP contribution is 2.44. The predicted octanol–water partition coefficient (Wildman–Crippen LogP) is 6.91. The number of benzene rings is 3. The number of anilines is 1. The van der Waals surface area contributed by atoms with Gasteiger partial charge in [0.1, 0.15) is 6.61 Å². The van der Waals surface area contributed by atoms with E-state index in [1.165, 1.54) is 5.01 Å². The van der Waals surface area contributed by atoms with Crippen molar-refractivity contribution in [2.45, 2.75) is 20.5 Å². The van der Waals surface area contributed by atoms with Gasteiger partial charge in [-0.15, -0.1) is 0 Å². The number of methoxy groups -OCH3 is 1. The second-order valence-electron chi connectivity index (χ2n) is 7.60. The summed E-state index contributed by atoms with van der Waals surface area (Å²) in [5.74, 6) is 0.966. The van der Waals surface area contributed by atoms with Crippen molar-refractivity contribution in [3.8, 4) is 11.5 Å². The summed E-state index contributed by atoms with van der Waals surface area (Å²) >= 11 is 7.27. The van der Waals surface area contributed by atoms with Crippen molar-refractivity contribution < 1.29 is 14.3 Å². The molecule has 0 atom stereocenters.